The second-order valence-electron chi connectivity index (χ2n) is 4.74. The fourth-order valence-corrected chi connectivity index (χ4v) is 2.56. The summed E-state index contributed by atoms with van der Waals surface area (Å²) in [4.78, 5) is 34.2. The van der Waals surface area contributed by atoms with Gasteiger partial charge in [0.25, 0.3) is 11.6 Å². The number of nitrogens with one attached hydrogen (secondary N) is 2. The van der Waals surface area contributed by atoms with Gasteiger partial charge in [-0.25, -0.2) is 0 Å². The summed E-state index contributed by atoms with van der Waals surface area (Å²) in [6.45, 7) is 0. The first-order valence-electron chi connectivity index (χ1n) is 6.99. The van der Waals surface area contributed by atoms with E-state index in [0.717, 1.165) is 4.90 Å². The Morgan fingerprint density at radius 3 is 2.25 bits per heavy atom. The maximum absolute atomic E-state index is 11.9. The molecule has 0 spiro atoms. The van der Waals surface area contributed by atoms with Gasteiger partial charge in [-0.1, -0.05) is 0 Å². The molecule has 124 valence electrons. The van der Waals surface area contributed by atoms with Gasteiger partial charge in [0.05, 0.1) is 10.7 Å². The lowest BCUT2D eigenvalue weighted by molar-refractivity contribution is -0.384. The molecule has 2 amide bonds. The standard InChI is InChI=1S/C16H15N3O4S/c1-17-16(21)11-2-4-12(5-3-11)18-15(20)10-24-14-8-6-13(7-9-14)19(22)23/h2-9H,10H2,1H3,(H,17,21)(H,18,20). The molecular weight excluding hydrogens is 330 g/mol. The highest BCUT2D eigenvalue weighted by Crippen LogP contribution is 2.21. The third-order valence-corrected chi connectivity index (χ3v) is 4.09. The largest absolute Gasteiger partial charge is 0.355 e. The Hall–Kier alpha value is -2.87. The lowest BCUT2D eigenvalue weighted by atomic mass is 10.2. The third-order valence-electron chi connectivity index (χ3n) is 3.08. The molecule has 7 nitrogen and oxygen atoms in total. The maximum Gasteiger partial charge on any atom is 0.269 e. The van der Waals surface area contributed by atoms with Gasteiger partial charge in [0.15, 0.2) is 0 Å². The van der Waals surface area contributed by atoms with E-state index in [1.165, 1.54) is 23.9 Å². The SMILES string of the molecule is CNC(=O)c1ccc(NC(=O)CSc2ccc([N+](=O)[O-])cc2)cc1. The van der Waals surface area contributed by atoms with Crippen LogP contribution in [-0.4, -0.2) is 29.5 Å². The molecule has 2 N–H and O–H groups in total. The number of amides is 2. The molecule has 2 aromatic carbocycles. The van der Waals surface area contributed by atoms with Crippen molar-refractivity contribution in [3.63, 3.8) is 0 Å². The smallest absolute Gasteiger partial charge is 0.269 e. The van der Waals surface area contributed by atoms with Crippen LogP contribution in [0.25, 0.3) is 0 Å². The molecule has 0 radical (unpaired) electrons. The number of hydrogen-bond donors (Lipinski definition) is 2. The summed E-state index contributed by atoms with van der Waals surface area (Å²) in [6, 6.07) is 12.6. The zero-order chi connectivity index (χ0) is 17.5. The van der Waals surface area contributed by atoms with Gasteiger partial charge in [-0.15, -0.1) is 11.8 Å². The van der Waals surface area contributed by atoms with Crippen LogP contribution in [0.15, 0.2) is 53.4 Å². The number of nitro groups is 1. The fourth-order valence-electron chi connectivity index (χ4n) is 1.86. The van der Waals surface area contributed by atoms with Gasteiger partial charge in [0, 0.05) is 35.3 Å². The van der Waals surface area contributed by atoms with Crippen molar-refractivity contribution in [2.24, 2.45) is 0 Å². The molecule has 0 aliphatic heterocycles. The number of non-ortho nitro benzene ring substituents is 1. The Morgan fingerprint density at radius 1 is 1.08 bits per heavy atom. The van der Waals surface area contributed by atoms with Crippen molar-refractivity contribution in [1.82, 2.24) is 5.32 Å². The van der Waals surface area contributed by atoms with Crippen molar-refractivity contribution < 1.29 is 14.5 Å². The minimum absolute atomic E-state index is 0.0139. The van der Waals surface area contributed by atoms with Crippen LogP contribution >= 0.6 is 11.8 Å². The van der Waals surface area contributed by atoms with E-state index in [1.54, 1.807) is 43.4 Å². The van der Waals surface area contributed by atoms with Crippen molar-refractivity contribution in [1.29, 1.82) is 0 Å². The van der Waals surface area contributed by atoms with Crippen molar-refractivity contribution in [3.05, 3.63) is 64.2 Å². The summed E-state index contributed by atoms with van der Waals surface area (Å²) in [5.41, 5.74) is 1.12. The van der Waals surface area contributed by atoms with E-state index in [2.05, 4.69) is 10.6 Å². The Bertz CT molecular complexity index is 745. The molecule has 2 aromatic rings. The number of nitrogens with zero attached hydrogens (tertiary/aromatic N) is 1. The first-order valence-corrected chi connectivity index (χ1v) is 7.97. The number of thioether (sulfide) groups is 1. The zero-order valence-electron chi connectivity index (χ0n) is 12.8. The van der Waals surface area contributed by atoms with Crippen LogP contribution in [0.4, 0.5) is 11.4 Å². The van der Waals surface area contributed by atoms with E-state index >= 15 is 0 Å². The molecule has 0 fully saturated rings. The number of hydrogen-bond acceptors (Lipinski definition) is 5. The maximum atomic E-state index is 11.9. The number of carbonyl (C=O) groups is 2. The minimum Gasteiger partial charge on any atom is -0.355 e. The molecule has 0 aliphatic rings. The molecule has 0 heterocycles. The Morgan fingerprint density at radius 2 is 1.71 bits per heavy atom. The highest BCUT2D eigenvalue weighted by Gasteiger charge is 2.08. The summed E-state index contributed by atoms with van der Waals surface area (Å²) in [5, 5.41) is 15.8. The second-order valence-corrected chi connectivity index (χ2v) is 5.79. The van der Waals surface area contributed by atoms with Gasteiger partial charge >= 0.3 is 0 Å². The Balaban J connectivity index is 1.86. The zero-order valence-corrected chi connectivity index (χ0v) is 13.6. The molecule has 0 saturated carbocycles. The molecule has 24 heavy (non-hydrogen) atoms. The predicted molar refractivity (Wildman–Crippen MR) is 92.3 cm³/mol. The molecular formula is C16H15N3O4S. The highest BCUT2D eigenvalue weighted by molar-refractivity contribution is 8.00. The Kier molecular flexibility index (Phi) is 5.91. The summed E-state index contributed by atoms with van der Waals surface area (Å²) >= 11 is 1.28. The predicted octanol–water partition coefficient (Wildman–Crippen LogP) is 2.69. The number of anilines is 1. The highest BCUT2D eigenvalue weighted by atomic mass is 32.2. The van der Waals surface area contributed by atoms with Gasteiger partial charge in [0.2, 0.25) is 5.91 Å². The summed E-state index contributed by atoms with van der Waals surface area (Å²) in [5.74, 6) is -0.220. The van der Waals surface area contributed by atoms with E-state index in [-0.39, 0.29) is 23.3 Å². The molecule has 2 rings (SSSR count). The van der Waals surface area contributed by atoms with Crippen molar-refractivity contribution >= 4 is 35.0 Å². The summed E-state index contributed by atoms with van der Waals surface area (Å²) in [7, 11) is 1.55. The van der Waals surface area contributed by atoms with E-state index < -0.39 is 4.92 Å². The monoisotopic (exact) mass is 345 g/mol. The van der Waals surface area contributed by atoms with Crippen LogP contribution in [-0.2, 0) is 4.79 Å². The van der Waals surface area contributed by atoms with Crippen LogP contribution in [0.1, 0.15) is 10.4 Å². The molecule has 0 aromatic heterocycles. The van der Waals surface area contributed by atoms with Gasteiger partial charge in [0.1, 0.15) is 0 Å². The number of nitro benzene ring substituents is 1. The second kappa shape index (κ2) is 8.11. The fraction of sp³-hybridized carbons (Fsp3) is 0.125. The number of rotatable bonds is 6. The van der Waals surface area contributed by atoms with Crippen LogP contribution in [0.5, 0.6) is 0 Å². The van der Waals surface area contributed by atoms with Crippen molar-refractivity contribution in [2.45, 2.75) is 4.90 Å². The topological polar surface area (TPSA) is 101 Å². The van der Waals surface area contributed by atoms with Gasteiger partial charge in [-0.3, -0.25) is 19.7 Å². The van der Waals surface area contributed by atoms with Crippen LogP contribution in [0.3, 0.4) is 0 Å². The summed E-state index contributed by atoms with van der Waals surface area (Å²) < 4.78 is 0. The van der Waals surface area contributed by atoms with Crippen LogP contribution < -0.4 is 10.6 Å². The average Bonchev–Trinajstić information content (AvgIpc) is 2.60. The number of carbonyl (C=O) groups excluding carboxylic acids is 2. The van der Waals surface area contributed by atoms with Crippen molar-refractivity contribution in [3.8, 4) is 0 Å². The normalized spacial score (nSPS) is 10.0. The molecule has 0 atom stereocenters. The molecule has 0 aliphatic carbocycles. The first kappa shape index (κ1) is 17.5. The minimum atomic E-state index is -0.469. The van der Waals surface area contributed by atoms with E-state index in [0.29, 0.717) is 11.3 Å². The molecule has 8 heteroatoms. The molecule has 0 saturated heterocycles. The number of benzene rings is 2. The first-order chi connectivity index (χ1) is 11.5. The van der Waals surface area contributed by atoms with Gasteiger partial charge in [-0.2, -0.15) is 0 Å². The summed E-state index contributed by atoms with van der Waals surface area (Å²) in [6.07, 6.45) is 0. The van der Waals surface area contributed by atoms with Crippen LogP contribution in [0.2, 0.25) is 0 Å². The van der Waals surface area contributed by atoms with Gasteiger partial charge in [-0.05, 0) is 36.4 Å². The Labute approximate surface area is 142 Å². The molecule has 0 bridgehead atoms. The lowest BCUT2D eigenvalue weighted by Gasteiger charge is -2.06. The third kappa shape index (κ3) is 4.82. The van der Waals surface area contributed by atoms with Crippen molar-refractivity contribution in [2.75, 3.05) is 18.1 Å². The van der Waals surface area contributed by atoms with Gasteiger partial charge < -0.3 is 10.6 Å². The van der Waals surface area contributed by atoms with E-state index in [9.17, 15) is 19.7 Å². The van der Waals surface area contributed by atoms with E-state index in [4.69, 9.17) is 0 Å². The van der Waals surface area contributed by atoms with E-state index in [1.807, 2.05) is 0 Å². The quantitative estimate of drug-likeness (QED) is 0.476. The van der Waals surface area contributed by atoms with Crippen LogP contribution in [0, 0.1) is 10.1 Å². The molecule has 0 unspecified atom stereocenters. The average molecular weight is 345 g/mol. The lowest BCUT2D eigenvalue weighted by Crippen LogP contribution is -2.18.